The molecule has 0 saturated carbocycles. The van der Waals surface area contributed by atoms with Gasteiger partial charge in [0, 0.05) is 23.0 Å². The Morgan fingerprint density at radius 2 is 2.16 bits per heavy atom. The van der Waals surface area contributed by atoms with Crippen molar-refractivity contribution in [1.29, 1.82) is 0 Å². The number of hydrogen-bond donors (Lipinski definition) is 4. The maximum atomic E-state index is 13.0. The Balaban J connectivity index is 1.49. The number of rotatable bonds is 12. The maximum Gasteiger partial charge on any atom is 0.352 e. The number of hydrogen-bond acceptors (Lipinski definition) is 15. The van der Waals surface area contributed by atoms with Gasteiger partial charge in [-0.05, 0) is 16.0 Å². The van der Waals surface area contributed by atoms with E-state index in [-0.39, 0.29) is 28.2 Å². The third-order valence-electron chi connectivity index (χ3n) is 4.93. The number of nitrogens with two attached hydrogens (primary N) is 1. The third-order valence-corrected chi connectivity index (χ3v) is 7.85. The molecule has 2 aromatic heterocycles. The van der Waals surface area contributed by atoms with Gasteiger partial charge in [-0.2, -0.15) is 9.36 Å². The molecule has 4 heterocycles. The number of carbonyl (C=O) groups is 4. The molecule has 2 aromatic rings. The Labute approximate surface area is 225 Å². The molecule has 0 radical (unpaired) electrons. The number of oxime groups is 1. The number of fused-ring (bicyclic) bond motifs is 1. The van der Waals surface area contributed by atoms with Gasteiger partial charge in [0.25, 0.3) is 11.8 Å². The van der Waals surface area contributed by atoms with Crippen LogP contribution in [-0.4, -0.2) is 104 Å². The van der Waals surface area contributed by atoms with E-state index in [2.05, 4.69) is 46.8 Å². The van der Waals surface area contributed by atoms with E-state index in [9.17, 15) is 24.3 Å². The number of aliphatic carboxylic acids is 2. The summed E-state index contributed by atoms with van der Waals surface area (Å²) in [5.41, 5.74) is 5.38. The highest BCUT2D eigenvalue weighted by molar-refractivity contribution is 8.01. The SMILES string of the molecule is C=CCn1nnnc1SCC1=C(C(=O)O)N2C(=O)C(NC(=O)/C(=N\OCC(=O)O)c3nsc(N)n3)[C@H]2SC1. The molecular weight excluding hydrogens is 564 g/mol. The number of anilines is 1. The van der Waals surface area contributed by atoms with E-state index in [1.165, 1.54) is 28.2 Å². The zero-order valence-corrected chi connectivity index (χ0v) is 21.5. The van der Waals surface area contributed by atoms with E-state index >= 15 is 0 Å². The molecule has 20 heteroatoms. The lowest BCUT2D eigenvalue weighted by Gasteiger charge is -2.49. The average molecular weight is 583 g/mol. The van der Waals surface area contributed by atoms with Gasteiger partial charge in [-0.25, -0.2) is 14.3 Å². The van der Waals surface area contributed by atoms with Crippen molar-refractivity contribution < 1.29 is 34.2 Å². The number of β-lactam (4-membered cyclic amide) rings is 1. The summed E-state index contributed by atoms with van der Waals surface area (Å²) in [4.78, 5) is 58.3. The molecule has 1 saturated heterocycles. The van der Waals surface area contributed by atoms with Crippen LogP contribution in [0.1, 0.15) is 5.82 Å². The van der Waals surface area contributed by atoms with E-state index in [1.54, 1.807) is 6.08 Å². The Bertz CT molecular complexity index is 1360. The lowest BCUT2D eigenvalue weighted by molar-refractivity contribution is -0.150. The second-order valence-corrected chi connectivity index (χ2v) is 10.2. The maximum absolute atomic E-state index is 13.0. The van der Waals surface area contributed by atoms with Crippen LogP contribution in [0.3, 0.4) is 0 Å². The highest BCUT2D eigenvalue weighted by Crippen LogP contribution is 2.41. The lowest BCUT2D eigenvalue weighted by atomic mass is 10.0. The van der Waals surface area contributed by atoms with Crippen LogP contribution < -0.4 is 11.1 Å². The highest BCUT2D eigenvalue weighted by atomic mass is 32.2. The second-order valence-electron chi connectivity index (χ2n) is 7.40. The molecule has 0 spiro atoms. The first-order valence-corrected chi connectivity index (χ1v) is 13.2. The lowest BCUT2D eigenvalue weighted by Crippen LogP contribution is -2.71. The molecule has 5 N–H and O–H groups in total. The molecule has 0 bridgehead atoms. The van der Waals surface area contributed by atoms with E-state index in [4.69, 9.17) is 10.8 Å². The number of amides is 2. The number of nitrogens with zero attached hydrogens (tertiary/aromatic N) is 8. The minimum absolute atomic E-state index is 0.0210. The zero-order valence-electron chi connectivity index (χ0n) is 19.1. The number of aromatic nitrogens is 6. The minimum atomic E-state index is -1.33. The first-order valence-electron chi connectivity index (χ1n) is 10.4. The van der Waals surface area contributed by atoms with E-state index in [0.29, 0.717) is 17.3 Å². The van der Waals surface area contributed by atoms with Gasteiger partial charge in [-0.3, -0.25) is 14.5 Å². The molecule has 2 aliphatic rings. The van der Waals surface area contributed by atoms with Crippen LogP contribution in [0.2, 0.25) is 0 Å². The summed E-state index contributed by atoms with van der Waals surface area (Å²) in [7, 11) is 0. The Hall–Kier alpha value is -4.04. The Morgan fingerprint density at radius 1 is 1.37 bits per heavy atom. The van der Waals surface area contributed by atoms with Crippen molar-refractivity contribution in [2.45, 2.75) is 23.1 Å². The van der Waals surface area contributed by atoms with E-state index in [1.807, 2.05) is 0 Å². The predicted molar refractivity (Wildman–Crippen MR) is 133 cm³/mol. The second kappa shape index (κ2) is 11.6. The minimum Gasteiger partial charge on any atom is -0.479 e. The van der Waals surface area contributed by atoms with Gasteiger partial charge in [0.15, 0.2) is 5.13 Å². The predicted octanol–water partition coefficient (Wildman–Crippen LogP) is -1.37. The quantitative estimate of drug-likeness (QED) is 0.0741. The first kappa shape index (κ1) is 27.0. The summed E-state index contributed by atoms with van der Waals surface area (Å²) >= 11 is 3.25. The molecule has 4 rings (SSSR count). The van der Waals surface area contributed by atoms with Gasteiger partial charge in [0.2, 0.25) is 23.3 Å². The van der Waals surface area contributed by atoms with E-state index < -0.39 is 47.5 Å². The van der Waals surface area contributed by atoms with Crippen molar-refractivity contribution in [1.82, 2.24) is 39.8 Å². The van der Waals surface area contributed by atoms with Gasteiger partial charge < -0.3 is 26.1 Å². The molecule has 17 nitrogen and oxygen atoms in total. The molecule has 200 valence electrons. The molecule has 38 heavy (non-hydrogen) atoms. The van der Waals surface area contributed by atoms with Crippen LogP contribution in [0.4, 0.5) is 5.13 Å². The standard InChI is InChI=1S/C18H18N10O7S3/c1-2-3-27-18(22-25-26-27)37-6-7-5-36-15-10(14(32)28(15)11(7)16(33)34)20-13(31)9(23-35-4-8(29)30)12-21-17(19)38-24-12/h2,10,15H,1,3-6H2,(H,20,31)(H,29,30)(H,33,34)(H2,19,21,24)/b23-9-/t10?,15-/m1/s1. The number of carboxylic acids is 2. The van der Waals surface area contributed by atoms with Crippen molar-refractivity contribution in [2.75, 3.05) is 23.8 Å². The molecule has 2 atom stereocenters. The summed E-state index contributed by atoms with van der Waals surface area (Å²) in [5, 5.41) is 35.7. The number of nitrogens with one attached hydrogen (secondary N) is 1. The molecule has 1 fully saturated rings. The van der Waals surface area contributed by atoms with Crippen LogP contribution >= 0.6 is 35.1 Å². The van der Waals surface area contributed by atoms with Crippen LogP contribution in [0.5, 0.6) is 0 Å². The van der Waals surface area contributed by atoms with Crippen molar-refractivity contribution in [2.24, 2.45) is 5.16 Å². The normalized spacial score (nSPS) is 19.0. The summed E-state index contributed by atoms with van der Waals surface area (Å²) in [6.45, 7) is 3.17. The molecule has 1 unspecified atom stereocenters. The molecule has 0 aliphatic carbocycles. The van der Waals surface area contributed by atoms with Crippen molar-refractivity contribution in [3.05, 3.63) is 29.7 Å². The van der Waals surface area contributed by atoms with Crippen molar-refractivity contribution >= 4 is 69.7 Å². The molecular formula is C18H18N10O7S3. The number of nitrogen functional groups attached to an aromatic ring is 1. The van der Waals surface area contributed by atoms with Gasteiger partial charge in [0.05, 0.1) is 6.54 Å². The van der Waals surface area contributed by atoms with Gasteiger partial charge in [0.1, 0.15) is 17.1 Å². The van der Waals surface area contributed by atoms with Crippen molar-refractivity contribution in [3.63, 3.8) is 0 Å². The van der Waals surface area contributed by atoms with Gasteiger partial charge >= 0.3 is 11.9 Å². The highest BCUT2D eigenvalue weighted by Gasteiger charge is 2.54. The van der Waals surface area contributed by atoms with Gasteiger partial charge in [-0.1, -0.05) is 23.0 Å². The largest absolute Gasteiger partial charge is 0.479 e. The van der Waals surface area contributed by atoms with Crippen LogP contribution in [0, 0.1) is 0 Å². The Morgan fingerprint density at radius 3 is 2.82 bits per heavy atom. The van der Waals surface area contributed by atoms with Crippen LogP contribution in [0.15, 0.2) is 34.2 Å². The van der Waals surface area contributed by atoms with Crippen molar-refractivity contribution in [3.8, 4) is 0 Å². The summed E-state index contributed by atoms with van der Waals surface area (Å²) in [6, 6.07) is -1.09. The number of carbonyl (C=O) groups excluding carboxylic acids is 2. The van der Waals surface area contributed by atoms with E-state index in [0.717, 1.165) is 16.4 Å². The zero-order chi connectivity index (χ0) is 27.4. The van der Waals surface area contributed by atoms with Gasteiger partial charge in [-0.15, -0.1) is 23.4 Å². The summed E-state index contributed by atoms with van der Waals surface area (Å²) in [6.07, 6.45) is 1.62. The fraction of sp³-hybridized carbons (Fsp3) is 0.333. The first-order chi connectivity index (χ1) is 18.2. The molecule has 2 aliphatic heterocycles. The number of carboxylic acid groups (broad SMARTS) is 2. The fourth-order valence-corrected chi connectivity index (χ4v) is 6.17. The third kappa shape index (κ3) is 5.60. The number of thioether (sulfide) groups is 2. The smallest absolute Gasteiger partial charge is 0.352 e. The van der Waals surface area contributed by atoms with Crippen LogP contribution in [0.25, 0.3) is 0 Å². The monoisotopic (exact) mass is 582 g/mol. The molecule has 2 amide bonds. The molecule has 0 aromatic carbocycles. The van der Waals surface area contributed by atoms with Crippen LogP contribution in [-0.2, 0) is 30.6 Å². The summed E-state index contributed by atoms with van der Waals surface area (Å²) in [5.74, 6) is -3.94. The average Bonchev–Trinajstić information content (AvgIpc) is 3.51. The topological polar surface area (TPSA) is 241 Å². The number of allylic oxidation sites excluding steroid dienone is 1. The fourth-order valence-electron chi connectivity index (χ4n) is 3.36. The summed E-state index contributed by atoms with van der Waals surface area (Å²) < 4.78 is 5.37. The Kier molecular flexibility index (Phi) is 8.22. The number of tetrazole rings is 1.